The van der Waals surface area contributed by atoms with Gasteiger partial charge in [-0.1, -0.05) is 13.8 Å². The Kier molecular flexibility index (Phi) is 6.16. The second kappa shape index (κ2) is 7.19. The van der Waals surface area contributed by atoms with Crippen molar-refractivity contribution in [3.8, 4) is 0 Å². The molecule has 0 aliphatic carbocycles. The van der Waals surface area contributed by atoms with Crippen molar-refractivity contribution in [2.75, 3.05) is 19.6 Å². The molecular weight excluding hydrogens is 344 g/mol. The molecule has 1 aromatic carbocycles. The highest BCUT2D eigenvalue weighted by Crippen LogP contribution is 2.23. The van der Waals surface area contributed by atoms with Gasteiger partial charge >= 0.3 is 0 Å². The SMILES string of the molecule is CCNC(=O)c1cc(S(=O)(=O)N(CC)CC)ccc1Br. The van der Waals surface area contributed by atoms with Crippen LogP contribution in [0.3, 0.4) is 0 Å². The van der Waals surface area contributed by atoms with E-state index in [0.29, 0.717) is 29.7 Å². The van der Waals surface area contributed by atoms with E-state index < -0.39 is 10.0 Å². The first-order valence-corrected chi connectivity index (χ1v) is 8.69. The first kappa shape index (κ1) is 17.1. The van der Waals surface area contributed by atoms with E-state index in [2.05, 4.69) is 21.2 Å². The number of carbonyl (C=O) groups is 1. The van der Waals surface area contributed by atoms with E-state index in [1.165, 1.54) is 16.4 Å². The Labute approximate surface area is 128 Å². The second-order valence-corrected chi connectivity index (χ2v) is 6.88. The number of hydrogen-bond acceptors (Lipinski definition) is 3. The minimum atomic E-state index is -3.56. The number of benzene rings is 1. The molecule has 0 saturated heterocycles. The third kappa shape index (κ3) is 3.59. The Morgan fingerprint density at radius 1 is 1.25 bits per heavy atom. The summed E-state index contributed by atoms with van der Waals surface area (Å²) in [4.78, 5) is 12.0. The molecule has 0 aliphatic rings. The van der Waals surface area contributed by atoms with Crippen molar-refractivity contribution in [1.82, 2.24) is 9.62 Å². The molecule has 0 bridgehead atoms. The highest BCUT2D eigenvalue weighted by molar-refractivity contribution is 9.10. The van der Waals surface area contributed by atoms with Gasteiger partial charge in [0.1, 0.15) is 0 Å². The molecule has 0 radical (unpaired) electrons. The third-order valence-corrected chi connectivity index (χ3v) is 5.60. The summed E-state index contributed by atoms with van der Waals surface area (Å²) in [6.45, 7) is 6.65. The van der Waals surface area contributed by atoms with Gasteiger partial charge in [0, 0.05) is 24.1 Å². The standard InChI is InChI=1S/C13H19BrN2O3S/c1-4-15-13(17)11-9-10(7-8-12(11)14)20(18,19)16(5-2)6-3/h7-9H,4-6H2,1-3H3,(H,15,17). The zero-order valence-electron chi connectivity index (χ0n) is 11.8. The normalized spacial score (nSPS) is 11.7. The van der Waals surface area contributed by atoms with Crippen molar-refractivity contribution in [1.29, 1.82) is 0 Å². The van der Waals surface area contributed by atoms with E-state index in [1.54, 1.807) is 19.9 Å². The number of nitrogens with zero attached hydrogens (tertiary/aromatic N) is 1. The Bertz CT molecular complexity index is 583. The molecule has 0 heterocycles. The quantitative estimate of drug-likeness (QED) is 0.843. The Balaban J connectivity index is 3.28. The van der Waals surface area contributed by atoms with Gasteiger partial charge < -0.3 is 5.32 Å². The summed E-state index contributed by atoms with van der Waals surface area (Å²) in [6.07, 6.45) is 0. The van der Waals surface area contributed by atoms with Gasteiger partial charge in [0.15, 0.2) is 0 Å². The van der Waals surface area contributed by atoms with Crippen LogP contribution < -0.4 is 5.32 Å². The minimum Gasteiger partial charge on any atom is -0.352 e. The largest absolute Gasteiger partial charge is 0.352 e. The van der Waals surface area contributed by atoms with Crippen molar-refractivity contribution in [2.45, 2.75) is 25.7 Å². The number of rotatable bonds is 6. The van der Waals surface area contributed by atoms with Crippen molar-refractivity contribution in [2.24, 2.45) is 0 Å². The van der Waals surface area contributed by atoms with Gasteiger partial charge in [0.2, 0.25) is 10.0 Å². The predicted octanol–water partition coefficient (Wildman–Crippen LogP) is 2.23. The Morgan fingerprint density at radius 3 is 2.35 bits per heavy atom. The molecule has 0 spiro atoms. The molecule has 1 amide bonds. The lowest BCUT2D eigenvalue weighted by molar-refractivity contribution is 0.0955. The van der Waals surface area contributed by atoms with Crippen molar-refractivity contribution >= 4 is 31.9 Å². The molecule has 0 atom stereocenters. The molecule has 0 saturated carbocycles. The summed E-state index contributed by atoms with van der Waals surface area (Å²) in [7, 11) is -3.56. The van der Waals surface area contributed by atoms with Crippen molar-refractivity contribution in [3.05, 3.63) is 28.2 Å². The Morgan fingerprint density at radius 2 is 1.85 bits per heavy atom. The average molecular weight is 363 g/mol. The lowest BCUT2D eigenvalue weighted by Crippen LogP contribution is -2.31. The van der Waals surface area contributed by atoms with Crippen LogP contribution in [0.1, 0.15) is 31.1 Å². The fourth-order valence-electron chi connectivity index (χ4n) is 1.81. The molecule has 5 nitrogen and oxygen atoms in total. The van der Waals surface area contributed by atoms with Gasteiger partial charge in [0.05, 0.1) is 10.5 Å². The monoisotopic (exact) mass is 362 g/mol. The zero-order chi connectivity index (χ0) is 15.3. The first-order chi connectivity index (χ1) is 9.38. The lowest BCUT2D eigenvalue weighted by atomic mass is 10.2. The topological polar surface area (TPSA) is 66.5 Å². The number of carbonyl (C=O) groups excluding carboxylic acids is 1. The summed E-state index contributed by atoms with van der Waals surface area (Å²) in [5.74, 6) is -0.295. The maximum atomic E-state index is 12.4. The van der Waals surface area contributed by atoms with Crippen molar-refractivity contribution in [3.63, 3.8) is 0 Å². The van der Waals surface area contributed by atoms with Crippen LogP contribution in [0.2, 0.25) is 0 Å². The van der Waals surface area contributed by atoms with E-state index in [9.17, 15) is 13.2 Å². The summed E-state index contributed by atoms with van der Waals surface area (Å²) in [5, 5.41) is 2.66. The molecule has 1 rings (SSSR count). The number of halogens is 1. The van der Waals surface area contributed by atoms with Crippen molar-refractivity contribution < 1.29 is 13.2 Å². The molecular formula is C13H19BrN2O3S. The highest BCUT2D eigenvalue weighted by atomic mass is 79.9. The van der Waals surface area contributed by atoms with Crippen LogP contribution in [0.25, 0.3) is 0 Å². The third-order valence-electron chi connectivity index (χ3n) is 2.86. The number of sulfonamides is 1. The highest BCUT2D eigenvalue weighted by Gasteiger charge is 2.23. The van der Waals surface area contributed by atoms with Gasteiger partial charge in [-0.05, 0) is 41.1 Å². The molecule has 1 N–H and O–H groups in total. The number of nitrogens with one attached hydrogen (secondary N) is 1. The summed E-state index contributed by atoms with van der Waals surface area (Å²) in [6, 6.07) is 4.49. The lowest BCUT2D eigenvalue weighted by Gasteiger charge is -2.19. The van der Waals surface area contributed by atoms with E-state index in [0.717, 1.165) is 0 Å². The summed E-state index contributed by atoms with van der Waals surface area (Å²) >= 11 is 3.27. The average Bonchev–Trinajstić information content (AvgIpc) is 2.40. The Hall–Kier alpha value is -0.920. The molecule has 0 unspecified atom stereocenters. The van der Waals surface area contributed by atoms with Gasteiger partial charge in [-0.15, -0.1) is 0 Å². The fraction of sp³-hybridized carbons (Fsp3) is 0.462. The van der Waals surface area contributed by atoms with Crippen LogP contribution >= 0.6 is 15.9 Å². The molecule has 0 fully saturated rings. The molecule has 20 heavy (non-hydrogen) atoms. The van der Waals surface area contributed by atoms with Crippen LogP contribution in [0.4, 0.5) is 0 Å². The maximum Gasteiger partial charge on any atom is 0.252 e. The number of amides is 1. The minimum absolute atomic E-state index is 0.130. The van der Waals surface area contributed by atoms with Gasteiger partial charge in [-0.3, -0.25) is 4.79 Å². The fourth-order valence-corrected chi connectivity index (χ4v) is 3.72. The summed E-state index contributed by atoms with van der Waals surface area (Å²) < 4.78 is 26.8. The molecule has 0 aromatic heterocycles. The maximum absolute atomic E-state index is 12.4. The van der Waals surface area contributed by atoms with Crippen LogP contribution in [-0.2, 0) is 10.0 Å². The van der Waals surface area contributed by atoms with Crippen LogP contribution in [0, 0.1) is 0 Å². The van der Waals surface area contributed by atoms with Crippen LogP contribution in [-0.4, -0.2) is 38.3 Å². The van der Waals surface area contributed by atoms with Crippen LogP contribution in [0.5, 0.6) is 0 Å². The predicted molar refractivity (Wildman–Crippen MR) is 82.3 cm³/mol. The number of hydrogen-bond donors (Lipinski definition) is 1. The summed E-state index contributed by atoms with van der Waals surface area (Å²) in [5.41, 5.74) is 0.320. The van der Waals surface area contributed by atoms with E-state index in [4.69, 9.17) is 0 Å². The van der Waals surface area contributed by atoms with E-state index in [1.807, 2.05) is 6.92 Å². The molecule has 0 aliphatic heterocycles. The van der Waals surface area contributed by atoms with E-state index >= 15 is 0 Å². The zero-order valence-corrected chi connectivity index (χ0v) is 14.2. The van der Waals surface area contributed by atoms with Gasteiger partial charge in [-0.25, -0.2) is 8.42 Å². The van der Waals surface area contributed by atoms with Crippen LogP contribution in [0.15, 0.2) is 27.6 Å². The smallest absolute Gasteiger partial charge is 0.252 e. The van der Waals surface area contributed by atoms with Gasteiger partial charge in [0.25, 0.3) is 5.91 Å². The van der Waals surface area contributed by atoms with Gasteiger partial charge in [-0.2, -0.15) is 4.31 Å². The molecule has 7 heteroatoms. The molecule has 112 valence electrons. The second-order valence-electron chi connectivity index (χ2n) is 4.09. The first-order valence-electron chi connectivity index (χ1n) is 6.46. The van der Waals surface area contributed by atoms with E-state index in [-0.39, 0.29) is 10.8 Å². The molecule has 1 aromatic rings.